The van der Waals surface area contributed by atoms with Crippen molar-refractivity contribution in [2.24, 2.45) is 0 Å². The van der Waals surface area contributed by atoms with E-state index in [9.17, 15) is 4.79 Å². The van der Waals surface area contributed by atoms with Crippen molar-refractivity contribution in [3.63, 3.8) is 0 Å². The third kappa shape index (κ3) is 3.96. The van der Waals surface area contributed by atoms with E-state index >= 15 is 0 Å². The second kappa shape index (κ2) is 8.21. The van der Waals surface area contributed by atoms with E-state index in [0.717, 1.165) is 40.2 Å². The van der Waals surface area contributed by atoms with E-state index in [1.807, 2.05) is 42.5 Å². The molecule has 0 radical (unpaired) electrons. The molecule has 0 bridgehead atoms. The Morgan fingerprint density at radius 2 is 1.97 bits per heavy atom. The van der Waals surface area contributed by atoms with Gasteiger partial charge in [-0.15, -0.1) is 0 Å². The van der Waals surface area contributed by atoms with Crippen LogP contribution in [0.3, 0.4) is 0 Å². The van der Waals surface area contributed by atoms with Gasteiger partial charge in [-0.25, -0.2) is 9.78 Å². The van der Waals surface area contributed by atoms with Crippen molar-refractivity contribution >= 4 is 39.4 Å². The molecule has 6 nitrogen and oxygen atoms in total. The lowest BCUT2D eigenvalue weighted by Gasteiger charge is -2.12. The molecule has 2 heterocycles. The number of H-pyrrole nitrogens is 1. The highest BCUT2D eigenvalue weighted by Crippen LogP contribution is 2.37. The maximum absolute atomic E-state index is 12.7. The fourth-order valence-electron chi connectivity index (χ4n) is 3.73. The summed E-state index contributed by atoms with van der Waals surface area (Å²) in [5, 5.41) is 2.41. The Morgan fingerprint density at radius 1 is 1.13 bits per heavy atom. The summed E-state index contributed by atoms with van der Waals surface area (Å²) >= 11 is 6.10. The number of carbonyl (C=O) groups is 1. The van der Waals surface area contributed by atoms with Gasteiger partial charge in [-0.2, -0.15) is 0 Å². The number of aromatic nitrogens is 2. The lowest BCUT2D eigenvalue weighted by molar-refractivity contribution is 0.0460. The zero-order chi connectivity index (χ0) is 21.4. The van der Waals surface area contributed by atoms with Crippen LogP contribution in [0.25, 0.3) is 21.8 Å². The van der Waals surface area contributed by atoms with E-state index in [-0.39, 0.29) is 18.4 Å². The average Bonchev–Trinajstić information content (AvgIpc) is 3.49. The maximum Gasteiger partial charge on any atom is 0.357 e. The summed E-state index contributed by atoms with van der Waals surface area (Å²) in [7, 11) is 1.60. The van der Waals surface area contributed by atoms with Gasteiger partial charge in [0.15, 0.2) is 5.69 Å². The van der Waals surface area contributed by atoms with Crippen molar-refractivity contribution in [2.75, 3.05) is 7.11 Å². The first-order valence-corrected chi connectivity index (χ1v) is 10.5. The third-order valence-electron chi connectivity index (χ3n) is 5.29. The Kier molecular flexibility index (Phi) is 5.26. The van der Waals surface area contributed by atoms with Crippen LogP contribution < -0.4 is 4.74 Å². The predicted molar refractivity (Wildman–Crippen MR) is 119 cm³/mol. The van der Waals surface area contributed by atoms with Crippen LogP contribution in [0.4, 0.5) is 0 Å². The van der Waals surface area contributed by atoms with Gasteiger partial charge in [-0.05, 0) is 42.7 Å². The second-order valence-electron chi connectivity index (χ2n) is 7.63. The molecule has 0 atom stereocenters. The number of fused-ring (bicyclic) bond motifs is 3. The normalized spacial score (nSPS) is 13.6. The van der Waals surface area contributed by atoms with Gasteiger partial charge < -0.3 is 19.2 Å². The molecule has 158 valence electrons. The molecular weight excluding hydrogens is 416 g/mol. The standard InChI is InChI=1S/C24H21ClN2O4/c1-29-13-17-21-19(11-26-23(17)24(28)31-16-8-9-16)27-18-6-3-7-20(22(18)21)30-12-14-4-2-5-15(25)10-14/h2-7,10-11,16,27H,8-9,12-13H2,1H3. The van der Waals surface area contributed by atoms with Gasteiger partial charge in [-0.3, -0.25) is 0 Å². The van der Waals surface area contributed by atoms with E-state index in [0.29, 0.717) is 22.9 Å². The van der Waals surface area contributed by atoms with Crippen LogP contribution in [0, 0.1) is 0 Å². The highest BCUT2D eigenvalue weighted by atomic mass is 35.5. The molecule has 1 N–H and O–H groups in total. The molecular formula is C24H21ClN2O4. The number of halogens is 1. The first-order valence-electron chi connectivity index (χ1n) is 10.1. The van der Waals surface area contributed by atoms with Crippen LogP contribution >= 0.6 is 11.6 Å². The van der Waals surface area contributed by atoms with Crippen molar-refractivity contribution < 1.29 is 19.0 Å². The fraction of sp³-hybridized carbons (Fsp3) is 0.250. The molecule has 7 heteroatoms. The fourth-order valence-corrected chi connectivity index (χ4v) is 3.95. The highest BCUT2D eigenvalue weighted by molar-refractivity contribution is 6.30. The summed E-state index contributed by atoms with van der Waals surface area (Å²) in [6, 6.07) is 13.4. The molecule has 0 saturated heterocycles. The molecule has 1 aliphatic carbocycles. The van der Waals surface area contributed by atoms with E-state index in [4.69, 9.17) is 25.8 Å². The summed E-state index contributed by atoms with van der Waals surface area (Å²) in [6.07, 6.45) is 3.48. The monoisotopic (exact) mass is 436 g/mol. The molecule has 0 spiro atoms. The minimum Gasteiger partial charge on any atom is -0.488 e. The van der Waals surface area contributed by atoms with Crippen LogP contribution in [0.15, 0.2) is 48.7 Å². The molecule has 4 aromatic rings. The molecule has 1 aliphatic rings. The molecule has 2 aromatic carbocycles. The van der Waals surface area contributed by atoms with Crippen LogP contribution in [0.5, 0.6) is 5.75 Å². The number of hydrogen-bond acceptors (Lipinski definition) is 5. The maximum atomic E-state index is 12.7. The van der Waals surface area contributed by atoms with Crippen molar-refractivity contribution in [3.8, 4) is 5.75 Å². The minimum absolute atomic E-state index is 0.0000449. The number of aromatic amines is 1. The van der Waals surface area contributed by atoms with Crippen LogP contribution in [-0.2, 0) is 22.7 Å². The largest absolute Gasteiger partial charge is 0.488 e. The van der Waals surface area contributed by atoms with E-state index in [2.05, 4.69) is 9.97 Å². The Balaban J connectivity index is 1.61. The number of ether oxygens (including phenoxy) is 3. The number of benzene rings is 2. The zero-order valence-corrected chi connectivity index (χ0v) is 17.7. The number of pyridine rings is 1. The lowest BCUT2D eigenvalue weighted by atomic mass is 10.0. The quantitative estimate of drug-likeness (QED) is 0.392. The smallest absolute Gasteiger partial charge is 0.357 e. The van der Waals surface area contributed by atoms with Gasteiger partial charge >= 0.3 is 5.97 Å². The van der Waals surface area contributed by atoms with Gasteiger partial charge in [0, 0.05) is 28.5 Å². The number of esters is 1. The number of hydrogen-bond donors (Lipinski definition) is 1. The number of rotatable bonds is 7. The molecule has 1 saturated carbocycles. The summed E-state index contributed by atoms with van der Waals surface area (Å²) < 4.78 is 17.1. The average molecular weight is 437 g/mol. The van der Waals surface area contributed by atoms with Crippen molar-refractivity contribution in [1.29, 1.82) is 0 Å². The Morgan fingerprint density at radius 3 is 2.74 bits per heavy atom. The van der Waals surface area contributed by atoms with Crippen molar-refractivity contribution in [3.05, 3.63) is 70.5 Å². The summed E-state index contributed by atoms with van der Waals surface area (Å²) in [6.45, 7) is 0.600. The molecule has 31 heavy (non-hydrogen) atoms. The van der Waals surface area contributed by atoms with Crippen molar-refractivity contribution in [1.82, 2.24) is 9.97 Å². The van der Waals surface area contributed by atoms with Gasteiger partial charge in [0.1, 0.15) is 18.5 Å². The highest BCUT2D eigenvalue weighted by Gasteiger charge is 2.29. The zero-order valence-electron chi connectivity index (χ0n) is 17.0. The van der Waals surface area contributed by atoms with E-state index in [1.165, 1.54) is 0 Å². The van der Waals surface area contributed by atoms with Gasteiger partial charge in [0.25, 0.3) is 0 Å². The van der Waals surface area contributed by atoms with Gasteiger partial charge in [0.2, 0.25) is 0 Å². The minimum atomic E-state index is -0.414. The predicted octanol–water partition coefficient (Wildman–Crippen LogP) is 5.41. The molecule has 0 unspecified atom stereocenters. The topological polar surface area (TPSA) is 73.4 Å². The summed E-state index contributed by atoms with van der Waals surface area (Å²) in [5.41, 5.74) is 3.65. The van der Waals surface area contributed by atoms with Gasteiger partial charge in [0.05, 0.1) is 23.8 Å². The first-order chi connectivity index (χ1) is 15.1. The number of nitrogens with one attached hydrogen (secondary N) is 1. The van der Waals surface area contributed by atoms with E-state index < -0.39 is 5.97 Å². The first kappa shape index (κ1) is 19.8. The molecule has 5 rings (SSSR count). The Labute approximate surface area is 184 Å². The Bertz CT molecular complexity index is 1280. The summed E-state index contributed by atoms with van der Waals surface area (Å²) in [5.74, 6) is 0.289. The van der Waals surface area contributed by atoms with Crippen LogP contribution in [-0.4, -0.2) is 29.2 Å². The second-order valence-corrected chi connectivity index (χ2v) is 8.07. The molecule has 2 aromatic heterocycles. The number of nitrogens with zero attached hydrogens (tertiary/aromatic N) is 1. The lowest BCUT2D eigenvalue weighted by Crippen LogP contribution is -2.12. The van der Waals surface area contributed by atoms with Crippen LogP contribution in [0.2, 0.25) is 5.02 Å². The molecule has 0 amide bonds. The van der Waals surface area contributed by atoms with Gasteiger partial charge in [-0.1, -0.05) is 29.8 Å². The van der Waals surface area contributed by atoms with Crippen molar-refractivity contribution in [2.45, 2.75) is 32.2 Å². The van der Waals surface area contributed by atoms with Crippen LogP contribution in [0.1, 0.15) is 34.5 Å². The third-order valence-corrected chi connectivity index (χ3v) is 5.52. The Hall–Kier alpha value is -3.09. The van der Waals surface area contributed by atoms with E-state index in [1.54, 1.807) is 13.3 Å². The number of methoxy groups -OCH3 is 1. The molecule has 1 fully saturated rings. The SMILES string of the molecule is COCc1c(C(=O)OC2CC2)ncc2[nH]c3cccc(OCc4cccc(Cl)c4)c3c12. The number of carbonyl (C=O) groups excluding carboxylic acids is 1. The molecule has 0 aliphatic heterocycles. The summed E-state index contributed by atoms with van der Waals surface area (Å²) in [4.78, 5) is 20.5.